The third-order valence-electron chi connectivity index (χ3n) is 2.28. The summed E-state index contributed by atoms with van der Waals surface area (Å²) in [5.74, 6) is 6.81. The zero-order valence-electron chi connectivity index (χ0n) is 10.2. The van der Waals surface area contributed by atoms with E-state index in [1.165, 1.54) is 0 Å². The Bertz CT molecular complexity index is 420. The molecule has 6 N–H and O–H groups in total. The lowest BCUT2D eigenvalue weighted by atomic mass is 10.2. The second-order valence-electron chi connectivity index (χ2n) is 3.95. The third kappa shape index (κ3) is 3.56. The summed E-state index contributed by atoms with van der Waals surface area (Å²) in [5.41, 5.74) is 8.44. The molecule has 0 saturated heterocycles. The van der Waals surface area contributed by atoms with E-state index in [0.717, 1.165) is 5.56 Å². The molecule has 0 bridgehead atoms. The highest BCUT2D eigenvalue weighted by atomic mass is 16.1. The number of hydrogen-bond acceptors (Lipinski definition) is 6. The number of nitrogens with two attached hydrogens (primary N) is 2. The van der Waals surface area contributed by atoms with Crippen molar-refractivity contribution in [2.45, 2.75) is 33.2 Å². The average Bonchev–Trinajstić information content (AvgIpc) is 2.21. The smallest absolute Gasteiger partial charge is 0.219 e. The van der Waals surface area contributed by atoms with Crippen LogP contribution in [0.4, 0.5) is 11.6 Å². The van der Waals surface area contributed by atoms with Crippen LogP contribution in [0.3, 0.4) is 0 Å². The van der Waals surface area contributed by atoms with Crippen LogP contribution in [0.15, 0.2) is 0 Å². The molecule has 94 valence electrons. The fourth-order valence-electron chi connectivity index (χ4n) is 1.50. The second kappa shape index (κ2) is 5.44. The predicted molar refractivity (Wildman–Crippen MR) is 66.2 cm³/mol. The monoisotopic (exact) mass is 238 g/mol. The minimum absolute atomic E-state index is 0.0916. The quantitative estimate of drug-likeness (QED) is 0.425. The van der Waals surface area contributed by atoms with Gasteiger partial charge in [-0.2, -0.15) is 0 Å². The van der Waals surface area contributed by atoms with Crippen LogP contribution in [0.2, 0.25) is 0 Å². The van der Waals surface area contributed by atoms with E-state index in [4.69, 9.17) is 11.6 Å². The fourth-order valence-corrected chi connectivity index (χ4v) is 1.50. The van der Waals surface area contributed by atoms with Crippen LogP contribution in [0.5, 0.6) is 0 Å². The molecular formula is C10H18N6O. The van der Waals surface area contributed by atoms with E-state index in [9.17, 15) is 4.79 Å². The predicted octanol–water partition coefficient (Wildman–Crippen LogP) is 0.0548. The highest BCUT2D eigenvalue weighted by molar-refractivity contribution is 5.75. The molecule has 7 nitrogen and oxygen atoms in total. The number of carbonyl (C=O) groups excluding carboxylic acids is 1. The van der Waals surface area contributed by atoms with Gasteiger partial charge < -0.3 is 16.5 Å². The summed E-state index contributed by atoms with van der Waals surface area (Å²) in [7, 11) is 0. The van der Waals surface area contributed by atoms with E-state index in [2.05, 4.69) is 20.7 Å². The molecule has 17 heavy (non-hydrogen) atoms. The Hall–Kier alpha value is -1.89. The van der Waals surface area contributed by atoms with Gasteiger partial charge in [-0.25, -0.2) is 15.8 Å². The van der Waals surface area contributed by atoms with Crippen molar-refractivity contribution in [2.75, 3.05) is 10.7 Å². The Kier molecular flexibility index (Phi) is 4.22. The number of hydrogen-bond donors (Lipinski definition) is 4. The van der Waals surface area contributed by atoms with Gasteiger partial charge in [-0.15, -0.1) is 0 Å². The zero-order valence-corrected chi connectivity index (χ0v) is 10.2. The number of rotatable bonds is 5. The van der Waals surface area contributed by atoms with Crippen LogP contribution in [0.1, 0.15) is 24.7 Å². The van der Waals surface area contributed by atoms with Crippen molar-refractivity contribution < 1.29 is 4.79 Å². The number of anilines is 2. The Labute approximate surface area is 100.0 Å². The Morgan fingerprint density at radius 2 is 1.94 bits per heavy atom. The van der Waals surface area contributed by atoms with Crippen molar-refractivity contribution in [1.82, 2.24) is 9.97 Å². The maximum Gasteiger partial charge on any atom is 0.219 e. The second-order valence-corrected chi connectivity index (χ2v) is 3.95. The normalized spacial score (nSPS) is 12.0. The van der Waals surface area contributed by atoms with E-state index >= 15 is 0 Å². The third-order valence-corrected chi connectivity index (χ3v) is 2.28. The highest BCUT2D eigenvalue weighted by Crippen LogP contribution is 2.19. The van der Waals surface area contributed by atoms with Gasteiger partial charge in [0.05, 0.1) is 0 Å². The van der Waals surface area contributed by atoms with Crippen LogP contribution in [-0.4, -0.2) is 21.9 Å². The minimum atomic E-state index is -0.356. The lowest BCUT2D eigenvalue weighted by Gasteiger charge is -2.16. The molecule has 1 heterocycles. The lowest BCUT2D eigenvalue weighted by Crippen LogP contribution is -2.25. The number of nitrogens with one attached hydrogen (secondary N) is 2. The summed E-state index contributed by atoms with van der Waals surface area (Å²) >= 11 is 0. The molecule has 1 aromatic rings. The van der Waals surface area contributed by atoms with Crippen molar-refractivity contribution in [3.8, 4) is 0 Å². The summed E-state index contributed by atoms with van der Waals surface area (Å²) in [4.78, 5) is 19.2. The molecule has 0 saturated carbocycles. The van der Waals surface area contributed by atoms with Gasteiger partial charge >= 0.3 is 0 Å². The van der Waals surface area contributed by atoms with Gasteiger partial charge in [-0.3, -0.25) is 4.79 Å². The van der Waals surface area contributed by atoms with E-state index in [1.54, 1.807) is 6.92 Å². The van der Waals surface area contributed by atoms with Crippen LogP contribution < -0.4 is 22.3 Å². The maximum absolute atomic E-state index is 10.8. The summed E-state index contributed by atoms with van der Waals surface area (Å²) in [6, 6.07) is -0.0916. The first-order valence-corrected chi connectivity index (χ1v) is 5.30. The van der Waals surface area contributed by atoms with Gasteiger partial charge in [0.25, 0.3) is 0 Å². The summed E-state index contributed by atoms with van der Waals surface area (Å²) in [5, 5.41) is 3.11. The molecule has 1 amide bonds. The van der Waals surface area contributed by atoms with Gasteiger partial charge in [0, 0.05) is 18.0 Å². The Morgan fingerprint density at radius 1 is 1.35 bits per heavy atom. The summed E-state index contributed by atoms with van der Waals surface area (Å²) < 4.78 is 0. The van der Waals surface area contributed by atoms with Crippen molar-refractivity contribution in [1.29, 1.82) is 0 Å². The molecule has 1 atom stereocenters. The first kappa shape index (κ1) is 13.2. The first-order chi connectivity index (χ1) is 7.93. The van der Waals surface area contributed by atoms with Crippen LogP contribution in [0.25, 0.3) is 0 Å². The summed E-state index contributed by atoms with van der Waals surface area (Å²) in [6.07, 6.45) is 0.244. The lowest BCUT2D eigenvalue weighted by molar-refractivity contribution is -0.118. The number of nitrogen functional groups attached to an aromatic ring is 1. The molecule has 1 unspecified atom stereocenters. The molecule has 1 aromatic heterocycles. The number of carbonyl (C=O) groups is 1. The molecular weight excluding hydrogens is 220 g/mol. The Balaban J connectivity index is 2.90. The molecule has 0 aromatic carbocycles. The number of hydrazine groups is 1. The maximum atomic E-state index is 10.8. The topological polar surface area (TPSA) is 119 Å². The van der Waals surface area contributed by atoms with Crippen LogP contribution in [-0.2, 0) is 4.79 Å². The van der Waals surface area contributed by atoms with E-state index in [-0.39, 0.29) is 18.4 Å². The van der Waals surface area contributed by atoms with E-state index < -0.39 is 0 Å². The van der Waals surface area contributed by atoms with Gasteiger partial charge in [0.2, 0.25) is 5.91 Å². The number of nitrogens with zero attached hydrogens (tertiary/aromatic N) is 2. The fraction of sp³-hybridized carbons (Fsp3) is 0.500. The number of aryl methyl sites for hydroxylation is 1. The number of amides is 1. The largest absolute Gasteiger partial charge is 0.370 e. The average molecular weight is 238 g/mol. The number of aromatic nitrogens is 2. The van der Waals surface area contributed by atoms with Gasteiger partial charge in [-0.1, -0.05) is 0 Å². The SMILES string of the molecule is Cc1nc(NN)c(C)c(NC(C)CC(N)=O)n1. The Morgan fingerprint density at radius 3 is 2.47 bits per heavy atom. The van der Waals surface area contributed by atoms with Crippen molar-refractivity contribution in [2.24, 2.45) is 11.6 Å². The number of primary amides is 1. The van der Waals surface area contributed by atoms with Crippen molar-refractivity contribution >= 4 is 17.5 Å². The summed E-state index contributed by atoms with van der Waals surface area (Å²) in [6.45, 7) is 5.47. The molecule has 0 radical (unpaired) electrons. The highest BCUT2D eigenvalue weighted by Gasteiger charge is 2.12. The molecule has 0 spiro atoms. The van der Waals surface area contributed by atoms with Gasteiger partial charge in [0.15, 0.2) is 0 Å². The van der Waals surface area contributed by atoms with Gasteiger partial charge in [-0.05, 0) is 20.8 Å². The minimum Gasteiger partial charge on any atom is -0.370 e. The molecule has 0 aliphatic heterocycles. The molecule has 7 heteroatoms. The molecule has 1 rings (SSSR count). The molecule has 0 fully saturated rings. The van der Waals surface area contributed by atoms with Gasteiger partial charge in [0.1, 0.15) is 17.5 Å². The zero-order chi connectivity index (χ0) is 13.0. The van der Waals surface area contributed by atoms with Crippen molar-refractivity contribution in [3.63, 3.8) is 0 Å². The molecule has 0 aliphatic carbocycles. The van der Waals surface area contributed by atoms with E-state index in [1.807, 2.05) is 13.8 Å². The van der Waals surface area contributed by atoms with Crippen molar-refractivity contribution in [3.05, 3.63) is 11.4 Å². The van der Waals surface area contributed by atoms with Crippen LogP contribution >= 0.6 is 0 Å². The molecule has 0 aliphatic rings. The van der Waals surface area contributed by atoms with Crippen LogP contribution in [0, 0.1) is 13.8 Å². The first-order valence-electron chi connectivity index (χ1n) is 5.30. The standard InChI is InChI=1S/C10H18N6O/c1-5(4-8(11)17)13-9-6(2)10(16-12)15-7(3)14-9/h5H,4,12H2,1-3H3,(H2,11,17)(H2,13,14,15,16). The van der Waals surface area contributed by atoms with E-state index in [0.29, 0.717) is 17.5 Å².